The van der Waals surface area contributed by atoms with Gasteiger partial charge in [0.1, 0.15) is 23.1 Å². The summed E-state index contributed by atoms with van der Waals surface area (Å²) in [5, 5.41) is 5.95. The van der Waals surface area contributed by atoms with Crippen molar-refractivity contribution in [3.05, 3.63) is 60.2 Å². The lowest BCUT2D eigenvalue weighted by Crippen LogP contribution is -2.40. The van der Waals surface area contributed by atoms with Crippen molar-refractivity contribution >= 4 is 17.3 Å². The number of aromatic nitrogens is 3. The van der Waals surface area contributed by atoms with Gasteiger partial charge in [-0.3, -0.25) is 4.98 Å². The first kappa shape index (κ1) is 19.1. The largest absolute Gasteiger partial charge is 0.433 e. The molecule has 0 unspecified atom stereocenters. The van der Waals surface area contributed by atoms with Crippen molar-refractivity contribution < 1.29 is 22.3 Å². The Labute approximate surface area is 163 Å². The molecule has 0 radical (unpaired) electrons. The maximum Gasteiger partial charge on any atom is 0.433 e. The molecule has 10 heteroatoms. The number of rotatable bonds is 5. The summed E-state index contributed by atoms with van der Waals surface area (Å²) in [6, 6.07) is 9.84. The molecule has 0 amide bonds. The molecule has 1 saturated heterocycles. The molecule has 0 aliphatic carbocycles. The van der Waals surface area contributed by atoms with Gasteiger partial charge in [-0.25, -0.2) is 14.4 Å². The maximum absolute atomic E-state index is 14.2. The van der Waals surface area contributed by atoms with Crippen LogP contribution in [0.5, 0.6) is 0 Å². The third-order valence-corrected chi connectivity index (χ3v) is 4.15. The van der Waals surface area contributed by atoms with Gasteiger partial charge in [-0.1, -0.05) is 12.1 Å². The van der Waals surface area contributed by atoms with Crippen LogP contribution in [0.4, 0.5) is 34.9 Å². The molecule has 0 saturated carbocycles. The van der Waals surface area contributed by atoms with Gasteiger partial charge >= 0.3 is 6.18 Å². The highest BCUT2D eigenvalue weighted by Crippen LogP contribution is 2.30. The van der Waals surface area contributed by atoms with Gasteiger partial charge in [0.05, 0.1) is 24.8 Å². The highest BCUT2D eigenvalue weighted by atomic mass is 19.4. The molecule has 29 heavy (non-hydrogen) atoms. The minimum atomic E-state index is -4.57. The van der Waals surface area contributed by atoms with E-state index in [-0.39, 0.29) is 28.9 Å². The van der Waals surface area contributed by atoms with E-state index in [1.54, 1.807) is 12.1 Å². The smallest absolute Gasteiger partial charge is 0.377 e. The third kappa shape index (κ3) is 4.43. The van der Waals surface area contributed by atoms with Crippen molar-refractivity contribution in [3.63, 3.8) is 0 Å². The van der Waals surface area contributed by atoms with E-state index in [0.717, 1.165) is 12.3 Å². The van der Waals surface area contributed by atoms with E-state index in [2.05, 4.69) is 25.6 Å². The van der Waals surface area contributed by atoms with E-state index in [9.17, 15) is 17.6 Å². The number of ether oxygens (including phenoxy) is 1. The number of nitrogens with zero attached hydrogens (tertiary/aromatic N) is 3. The first-order valence-electron chi connectivity index (χ1n) is 8.67. The van der Waals surface area contributed by atoms with Gasteiger partial charge in [0.2, 0.25) is 0 Å². The van der Waals surface area contributed by atoms with E-state index in [1.807, 2.05) is 0 Å². The summed E-state index contributed by atoms with van der Waals surface area (Å²) < 4.78 is 58.1. The molecular weight excluding hydrogens is 390 g/mol. The highest BCUT2D eigenvalue weighted by molar-refractivity contribution is 5.65. The summed E-state index contributed by atoms with van der Waals surface area (Å²) in [5.74, 6) is 0.200. The van der Waals surface area contributed by atoms with Crippen LogP contribution >= 0.6 is 0 Å². The molecule has 6 nitrogen and oxygen atoms in total. The minimum absolute atomic E-state index is 0.0453. The van der Waals surface area contributed by atoms with Crippen LogP contribution in [0.25, 0.3) is 11.4 Å². The Morgan fingerprint density at radius 1 is 1.00 bits per heavy atom. The number of pyridine rings is 1. The van der Waals surface area contributed by atoms with Gasteiger partial charge in [-0.15, -0.1) is 0 Å². The minimum Gasteiger partial charge on any atom is -0.377 e. The highest BCUT2D eigenvalue weighted by Gasteiger charge is 2.32. The molecule has 0 spiro atoms. The SMILES string of the molecule is Fc1ccccc1-c1nc(Nc2ccnc(C(F)(F)F)c2)cc(NC2COC2)n1. The molecule has 0 atom stereocenters. The number of alkyl halides is 3. The summed E-state index contributed by atoms with van der Waals surface area (Å²) in [6.07, 6.45) is -3.52. The van der Waals surface area contributed by atoms with Gasteiger partial charge in [-0.2, -0.15) is 13.2 Å². The van der Waals surface area contributed by atoms with Crippen molar-refractivity contribution in [1.82, 2.24) is 15.0 Å². The van der Waals surface area contributed by atoms with Crippen molar-refractivity contribution in [3.8, 4) is 11.4 Å². The fourth-order valence-corrected chi connectivity index (χ4v) is 2.69. The van der Waals surface area contributed by atoms with Crippen LogP contribution in [0.2, 0.25) is 0 Å². The average Bonchev–Trinajstić information content (AvgIpc) is 2.64. The third-order valence-electron chi connectivity index (χ3n) is 4.15. The molecule has 1 aromatic carbocycles. The summed E-state index contributed by atoms with van der Waals surface area (Å²) >= 11 is 0. The maximum atomic E-state index is 14.2. The Hall–Kier alpha value is -3.27. The van der Waals surface area contributed by atoms with Gasteiger partial charge in [0.25, 0.3) is 0 Å². The van der Waals surface area contributed by atoms with Gasteiger partial charge < -0.3 is 15.4 Å². The first-order valence-corrected chi connectivity index (χ1v) is 8.67. The summed E-state index contributed by atoms with van der Waals surface area (Å²) in [6.45, 7) is 1.00. The topological polar surface area (TPSA) is 72.0 Å². The number of halogens is 4. The number of anilines is 3. The molecule has 1 aliphatic rings. The predicted molar refractivity (Wildman–Crippen MR) is 98.2 cm³/mol. The lowest BCUT2D eigenvalue weighted by atomic mass is 10.2. The normalized spacial score (nSPS) is 14.3. The molecule has 0 bridgehead atoms. The standard InChI is InChI=1S/C19H15F4N5O/c20-14-4-2-1-3-13(14)18-27-16(8-17(28-18)26-12-9-29-10-12)25-11-5-6-24-15(7-11)19(21,22)23/h1-8,12H,9-10H2,(H2,24,25,26,27,28). The van der Waals surface area contributed by atoms with Crippen molar-refractivity contribution in [2.45, 2.75) is 12.2 Å². The molecule has 2 N–H and O–H groups in total. The van der Waals surface area contributed by atoms with E-state index >= 15 is 0 Å². The number of nitrogens with one attached hydrogen (secondary N) is 2. The van der Waals surface area contributed by atoms with Crippen LogP contribution in [-0.4, -0.2) is 34.2 Å². The molecular formula is C19H15F4N5O. The first-order chi connectivity index (χ1) is 13.9. The Bertz CT molecular complexity index is 1020. The van der Waals surface area contributed by atoms with Crippen molar-refractivity contribution in [1.29, 1.82) is 0 Å². The lowest BCUT2D eigenvalue weighted by Gasteiger charge is -2.27. The van der Waals surface area contributed by atoms with Crippen molar-refractivity contribution in [2.75, 3.05) is 23.8 Å². The summed E-state index contributed by atoms with van der Waals surface area (Å²) in [5.41, 5.74) is -0.714. The van der Waals surface area contributed by atoms with Crippen molar-refractivity contribution in [2.24, 2.45) is 0 Å². The number of benzene rings is 1. The summed E-state index contributed by atoms with van der Waals surface area (Å²) in [4.78, 5) is 11.9. The average molecular weight is 405 g/mol. The van der Waals surface area contributed by atoms with E-state index in [0.29, 0.717) is 19.0 Å². The second-order valence-corrected chi connectivity index (χ2v) is 6.37. The van der Waals surface area contributed by atoms with E-state index < -0.39 is 17.7 Å². The van der Waals surface area contributed by atoms with Crippen LogP contribution in [0.15, 0.2) is 48.7 Å². The Morgan fingerprint density at radius 2 is 1.76 bits per heavy atom. The van der Waals surface area contributed by atoms with E-state index in [1.165, 1.54) is 24.3 Å². The quantitative estimate of drug-likeness (QED) is 0.619. The van der Waals surface area contributed by atoms with Crippen LogP contribution in [0.3, 0.4) is 0 Å². The monoisotopic (exact) mass is 405 g/mol. The fourth-order valence-electron chi connectivity index (χ4n) is 2.69. The van der Waals surface area contributed by atoms with Crippen LogP contribution in [0.1, 0.15) is 5.69 Å². The Morgan fingerprint density at radius 3 is 2.45 bits per heavy atom. The number of hydrogen-bond donors (Lipinski definition) is 2. The van der Waals surface area contributed by atoms with E-state index in [4.69, 9.17) is 4.74 Å². The van der Waals surface area contributed by atoms with Gasteiger partial charge in [-0.05, 0) is 24.3 Å². The molecule has 1 fully saturated rings. The van der Waals surface area contributed by atoms with Crippen LogP contribution < -0.4 is 10.6 Å². The molecule has 2 aromatic heterocycles. The van der Waals surface area contributed by atoms with Crippen LogP contribution in [-0.2, 0) is 10.9 Å². The molecule has 1 aliphatic heterocycles. The van der Waals surface area contributed by atoms with Gasteiger partial charge in [0.15, 0.2) is 5.82 Å². The fraction of sp³-hybridized carbons (Fsp3) is 0.211. The second kappa shape index (κ2) is 7.63. The van der Waals surface area contributed by atoms with Crippen LogP contribution in [0, 0.1) is 5.82 Å². The zero-order valence-electron chi connectivity index (χ0n) is 14.9. The predicted octanol–water partition coefficient (Wildman–Crippen LogP) is 4.25. The number of hydrogen-bond acceptors (Lipinski definition) is 6. The van der Waals surface area contributed by atoms with Gasteiger partial charge in [0, 0.05) is 18.0 Å². The molecule has 150 valence electrons. The molecule has 4 rings (SSSR count). The zero-order valence-corrected chi connectivity index (χ0v) is 14.9. The molecule has 3 heterocycles. The Kier molecular flexibility index (Phi) is 5.01. The molecule has 3 aromatic rings. The lowest BCUT2D eigenvalue weighted by molar-refractivity contribution is -0.141. The zero-order chi connectivity index (χ0) is 20.4. The second-order valence-electron chi connectivity index (χ2n) is 6.37. The Balaban J connectivity index is 1.69. The summed E-state index contributed by atoms with van der Waals surface area (Å²) in [7, 11) is 0.